The minimum Gasteiger partial charge on any atom is -0.726 e. The van der Waals surface area contributed by atoms with Crippen LogP contribution in [-0.2, 0) is 37.5 Å². The van der Waals surface area contributed by atoms with Crippen molar-refractivity contribution in [1.82, 2.24) is 24.5 Å². The maximum Gasteiger partial charge on any atom is 0.217 e. The fraction of sp³-hybridized carbons (Fsp3) is 0.435. The Morgan fingerprint density at radius 3 is 2.71 bits per heavy atom. The number of thiol groups is 1. The predicted octanol–water partition coefficient (Wildman–Crippen LogP) is 0.438. The van der Waals surface area contributed by atoms with Crippen molar-refractivity contribution in [1.29, 1.82) is 0 Å². The Morgan fingerprint density at radius 2 is 2.00 bits per heavy atom. The van der Waals surface area contributed by atoms with Gasteiger partial charge in [0.25, 0.3) is 0 Å². The molecule has 1 fully saturated rings. The van der Waals surface area contributed by atoms with Crippen LogP contribution in [0.1, 0.15) is 24.6 Å². The molecule has 1 aliphatic heterocycles. The van der Waals surface area contributed by atoms with E-state index in [1.807, 2.05) is 6.07 Å². The zero-order chi connectivity index (χ0) is 27.4. The summed E-state index contributed by atoms with van der Waals surface area (Å²) in [5, 5.41) is 22.9. The fourth-order valence-electron chi connectivity index (χ4n) is 4.57. The summed E-state index contributed by atoms with van der Waals surface area (Å²) >= 11 is 1.11. The first-order valence-electron chi connectivity index (χ1n) is 11.7. The Balaban J connectivity index is 0.000000505. The number of nitrogens with zero attached hydrogens (tertiary/aromatic N) is 4. The van der Waals surface area contributed by atoms with Crippen LogP contribution in [0.3, 0.4) is 0 Å². The maximum absolute atomic E-state index is 10.8. The number of imidazole rings is 1. The third-order valence-electron chi connectivity index (χ3n) is 6.47. The number of rotatable bonds is 8. The topological polar surface area (TPSA) is 202 Å². The van der Waals surface area contributed by atoms with E-state index in [2.05, 4.69) is 54.8 Å². The van der Waals surface area contributed by atoms with E-state index in [0.29, 0.717) is 11.2 Å². The molecule has 5 atom stereocenters. The SMILES string of the molecule is COS(=O)(=O)[O-].C[SH+]C(CCCc1c[nH]c2ccccc12)[C@H]1O[C@@H](n2cnc3c(N)ncnc32)[C@H](O)[C@@H]1O. The molecule has 1 saturated heterocycles. The zero-order valence-corrected chi connectivity index (χ0v) is 22.4. The number of aryl methyl sites for hydroxylation is 1. The molecule has 3 aromatic heterocycles. The number of aromatic amines is 1. The summed E-state index contributed by atoms with van der Waals surface area (Å²) in [4.78, 5) is 15.7. The van der Waals surface area contributed by atoms with Gasteiger partial charge in [0.2, 0.25) is 10.4 Å². The van der Waals surface area contributed by atoms with Gasteiger partial charge in [0, 0.05) is 17.1 Å². The highest BCUT2D eigenvalue weighted by Crippen LogP contribution is 2.35. The second-order valence-electron chi connectivity index (χ2n) is 8.71. The molecule has 0 radical (unpaired) electrons. The molecule has 38 heavy (non-hydrogen) atoms. The molecular weight excluding hydrogens is 536 g/mol. The van der Waals surface area contributed by atoms with Crippen LogP contribution in [0.25, 0.3) is 22.1 Å². The third-order valence-corrected chi connectivity index (χ3v) is 8.10. The van der Waals surface area contributed by atoms with Gasteiger partial charge in [-0.15, -0.1) is 0 Å². The number of aliphatic hydroxyl groups is 2. The van der Waals surface area contributed by atoms with Gasteiger partial charge in [-0.2, -0.15) is 0 Å². The highest BCUT2D eigenvalue weighted by molar-refractivity contribution is 7.80. The molecule has 5 N–H and O–H groups in total. The van der Waals surface area contributed by atoms with Gasteiger partial charge < -0.3 is 30.2 Å². The Bertz CT molecular complexity index is 1480. The van der Waals surface area contributed by atoms with E-state index >= 15 is 0 Å². The fourth-order valence-corrected chi connectivity index (χ4v) is 5.55. The van der Waals surface area contributed by atoms with E-state index < -0.39 is 34.9 Å². The average Bonchev–Trinajstić information content (AvgIpc) is 3.59. The lowest BCUT2D eigenvalue weighted by molar-refractivity contribution is -0.0356. The van der Waals surface area contributed by atoms with Crippen molar-refractivity contribution in [2.75, 3.05) is 19.1 Å². The van der Waals surface area contributed by atoms with Gasteiger partial charge in [-0.1, -0.05) is 18.2 Å². The van der Waals surface area contributed by atoms with E-state index in [1.165, 1.54) is 23.6 Å². The molecule has 13 nitrogen and oxygen atoms in total. The Hall–Kier alpha value is -2.79. The molecule has 0 saturated carbocycles. The number of H-pyrrole nitrogens is 1. The minimum atomic E-state index is -4.41. The molecule has 206 valence electrons. The van der Waals surface area contributed by atoms with Crippen molar-refractivity contribution in [3.63, 3.8) is 0 Å². The summed E-state index contributed by atoms with van der Waals surface area (Å²) in [7, 11) is -3.60. The lowest BCUT2D eigenvalue weighted by Crippen LogP contribution is -2.39. The standard InChI is InChI=1S/C22H26N6O3S.CH4O4S/c1-32-15(8-4-5-12-9-24-14-7-3-2-6-13(12)14)19-17(29)18(30)22(31-19)28-11-27-16-20(23)25-10-26-21(16)28;1-5-6(2,3)4/h2-3,6-7,9-11,15,17-19,22,24,29-30H,4-5,8H2,1H3,(H2,23,25,26);1H3,(H,2,3,4)/t15?,17-,18+,19+,22+;/m0./s1. The van der Waals surface area contributed by atoms with Gasteiger partial charge in [-0.3, -0.25) is 8.75 Å². The van der Waals surface area contributed by atoms with Crippen LogP contribution >= 0.6 is 0 Å². The summed E-state index contributed by atoms with van der Waals surface area (Å²) in [6.45, 7) is 0. The van der Waals surface area contributed by atoms with Gasteiger partial charge in [0.05, 0.1) is 19.7 Å². The van der Waals surface area contributed by atoms with Crippen LogP contribution in [-0.4, -0.2) is 84.6 Å². The molecule has 0 aliphatic carbocycles. The molecule has 15 heteroatoms. The van der Waals surface area contributed by atoms with Crippen molar-refractivity contribution in [2.45, 2.75) is 49.1 Å². The van der Waals surface area contributed by atoms with E-state index in [1.54, 1.807) is 4.57 Å². The molecule has 4 heterocycles. The molecule has 4 aromatic rings. The molecule has 0 bridgehead atoms. The maximum atomic E-state index is 10.8. The zero-order valence-electron chi connectivity index (χ0n) is 20.7. The van der Waals surface area contributed by atoms with Crippen LogP contribution in [0.5, 0.6) is 0 Å². The van der Waals surface area contributed by atoms with Crippen molar-refractivity contribution >= 4 is 50.0 Å². The van der Waals surface area contributed by atoms with Crippen molar-refractivity contribution in [3.05, 3.63) is 48.7 Å². The molecule has 1 aliphatic rings. The number of para-hydroxylation sites is 1. The lowest BCUT2D eigenvalue weighted by atomic mass is 10.0. The van der Waals surface area contributed by atoms with E-state index in [0.717, 1.165) is 43.7 Å². The number of nitrogen functional groups attached to an aromatic ring is 1. The second kappa shape index (κ2) is 11.9. The molecule has 0 amide bonds. The van der Waals surface area contributed by atoms with Gasteiger partial charge in [-0.25, -0.2) is 23.4 Å². The largest absolute Gasteiger partial charge is 0.726 e. The molecule has 1 unspecified atom stereocenters. The minimum absolute atomic E-state index is 0.0873. The number of fused-ring (bicyclic) bond motifs is 2. The second-order valence-corrected chi connectivity index (χ2v) is 11.0. The average molecular weight is 567 g/mol. The van der Waals surface area contributed by atoms with Crippen molar-refractivity contribution in [2.24, 2.45) is 0 Å². The number of hydrogen-bond donors (Lipinski definition) is 4. The number of aliphatic hydroxyl groups excluding tert-OH is 2. The Labute approximate surface area is 223 Å². The first-order valence-corrected chi connectivity index (χ1v) is 14.5. The quantitative estimate of drug-likeness (QED) is 0.0997. The van der Waals surface area contributed by atoms with Gasteiger partial charge in [0.1, 0.15) is 35.4 Å². The third kappa shape index (κ3) is 6.09. The monoisotopic (exact) mass is 566 g/mol. The smallest absolute Gasteiger partial charge is 0.217 e. The van der Waals surface area contributed by atoms with Crippen LogP contribution in [0, 0.1) is 0 Å². The number of nitrogens with one attached hydrogen (secondary N) is 1. The Kier molecular flexibility index (Phi) is 8.87. The van der Waals surface area contributed by atoms with E-state index in [-0.39, 0.29) is 11.1 Å². The molecule has 5 rings (SSSR count). The number of aromatic nitrogens is 5. The first-order chi connectivity index (χ1) is 18.1. The van der Waals surface area contributed by atoms with Crippen molar-refractivity contribution in [3.8, 4) is 0 Å². The van der Waals surface area contributed by atoms with Gasteiger partial charge >= 0.3 is 0 Å². The summed E-state index contributed by atoms with van der Waals surface area (Å²) < 4.78 is 38.8. The van der Waals surface area contributed by atoms with Crippen LogP contribution in [0.15, 0.2) is 43.1 Å². The molecular formula is C23H30N6O7S2. The highest BCUT2D eigenvalue weighted by Gasteiger charge is 2.49. The molecule has 1 aromatic carbocycles. The van der Waals surface area contributed by atoms with E-state index in [9.17, 15) is 23.2 Å². The van der Waals surface area contributed by atoms with Gasteiger partial charge in [-0.05, 0) is 42.7 Å². The molecule has 0 spiro atoms. The first kappa shape index (κ1) is 28.2. The van der Waals surface area contributed by atoms with E-state index in [4.69, 9.17) is 10.5 Å². The highest BCUT2D eigenvalue weighted by atomic mass is 32.3. The van der Waals surface area contributed by atoms with Gasteiger partial charge in [0.15, 0.2) is 17.7 Å². The van der Waals surface area contributed by atoms with Crippen LogP contribution < -0.4 is 5.73 Å². The summed E-state index contributed by atoms with van der Waals surface area (Å²) in [6.07, 6.45) is 6.41. The number of ether oxygens (including phenoxy) is 1. The summed E-state index contributed by atoms with van der Waals surface area (Å²) in [6, 6.07) is 8.29. The van der Waals surface area contributed by atoms with Crippen LogP contribution in [0.4, 0.5) is 5.82 Å². The van der Waals surface area contributed by atoms with Crippen molar-refractivity contribution < 1.29 is 32.1 Å². The number of benzene rings is 1. The summed E-state index contributed by atoms with van der Waals surface area (Å²) in [5.41, 5.74) is 9.23. The number of nitrogens with two attached hydrogens (primary N) is 1. The summed E-state index contributed by atoms with van der Waals surface area (Å²) in [5.74, 6) is 0.264. The predicted molar refractivity (Wildman–Crippen MR) is 142 cm³/mol. The number of anilines is 1. The van der Waals surface area contributed by atoms with Crippen LogP contribution in [0.2, 0.25) is 0 Å². The Morgan fingerprint density at radius 1 is 1.26 bits per heavy atom. The number of hydrogen-bond acceptors (Lipinski definition) is 11. The lowest BCUT2D eigenvalue weighted by Gasteiger charge is -2.19. The normalized spacial score (nSPS) is 22.4.